The monoisotopic (exact) mass is 184 g/mol. The topological polar surface area (TPSA) is 20.2 Å². The fourth-order valence-corrected chi connectivity index (χ4v) is 1.75. The van der Waals surface area contributed by atoms with E-state index < -0.39 is 0 Å². The van der Waals surface area contributed by atoms with Gasteiger partial charge in [-0.05, 0) is 34.2 Å². The largest absolute Gasteiger partial charge is 0.388 e. The van der Waals surface area contributed by atoms with E-state index in [0.717, 1.165) is 12.0 Å². The molecule has 0 radical (unpaired) electrons. The van der Waals surface area contributed by atoms with Gasteiger partial charge in [0, 0.05) is 0 Å². The lowest BCUT2D eigenvalue weighted by molar-refractivity contribution is 0.0469. The zero-order chi connectivity index (χ0) is 9.19. The van der Waals surface area contributed by atoms with Crippen LogP contribution in [0.4, 0.5) is 0 Å². The molecule has 12 heavy (non-hydrogen) atoms. The third-order valence-electron chi connectivity index (χ3n) is 2.51. The average molecular weight is 184 g/mol. The van der Waals surface area contributed by atoms with Crippen molar-refractivity contribution in [3.63, 3.8) is 0 Å². The highest BCUT2D eigenvalue weighted by Crippen LogP contribution is 2.36. The lowest BCUT2D eigenvalue weighted by Gasteiger charge is -2.28. The van der Waals surface area contributed by atoms with Crippen LogP contribution in [0.1, 0.15) is 38.9 Å². The number of hydrogen-bond donors (Lipinski definition) is 1. The van der Waals surface area contributed by atoms with Crippen LogP contribution in [0.25, 0.3) is 0 Å². The Labute approximate surface area is 78.1 Å². The molecule has 1 unspecified atom stereocenters. The normalized spacial score (nSPS) is 14.7. The summed E-state index contributed by atoms with van der Waals surface area (Å²) in [4.78, 5) is 0. The molecular weight excluding hydrogens is 168 g/mol. The van der Waals surface area contributed by atoms with Crippen molar-refractivity contribution in [2.24, 2.45) is 5.41 Å². The Morgan fingerprint density at radius 3 is 2.67 bits per heavy atom. The van der Waals surface area contributed by atoms with Crippen molar-refractivity contribution >= 4 is 11.3 Å². The van der Waals surface area contributed by atoms with Crippen LogP contribution in [0.5, 0.6) is 0 Å². The quantitative estimate of drug-likeness (QED) is 0.764. The molecule has 0 saturated heterocycles. The summed E-state index contributed by atoms with van der Waals surface area (Å²) in [5, 5.41) is 14.0. The number of rotatable bonds is 3. The van der Waals surface area contributed by atoms with Gasteiger partial charge >= 0.3 is 0 Å². The molecule has 0 spiro atoms. The Bertz CT molecular complexity index is 226. The lowest BCUT2D eigenvalue weighted by atomic mass is 9.81. The second-order valence-corrected chi connectivity index (χ2v) is 4.58. The second kappa shape index (κ2) is 3.58. The average Bonchev–Trinajstić information content (AvgIpc) is 2.55. The van der Waals surface area contributed by atoms with Gasteiger partial charge in [-0.3, -0.25) is 0 Å². The molecule has 1 N–H and O–H groups in total. The maximum atomic E-state index is 9.94. The van der Waals surface area contributed by atoms with Gasteiger partial charge in [0.15, 0.2) is 0 Å². The fraction of sp³-hybridized carbons (Fsp3) is 0.600. The van der Waals surface area contributed by atoms with Crippen molar-refractivity contribution in [1.82, 2.24) is 0 Å². The first kappa shape index (κ1) is 9.75. The van der Waals surface area contributed by atoms with Crippen molar-refractivity contribution in [1.29, 1.82) is 0 Å². The third kappa shape index (κ3) is 1.87. The molecule has 0 aromatic carbocycles. The fourth-order valence-electron chi connectivity index (χ4n) is 1.08. The molecule has 0 aliphatic heterocycles. The van der Waals surface area contributed by atoms with Gasteiger partial charge in [0.05, 0.1) is 6.10 Å². The number of aliphatic hydroxyl groups is 1. The molecule has 0 aliphatic carbocycles. The van der Waals surface area contributed by atoms with Gasteiger partial charge in [0.1, 0.15) is 0 Å². The summed E-state index contributed by atoms with van der Waals surface area (Å²) in [7, 11) is 0. The summed E-state index contributed by atoms with van der Waals surface area (Å²) in [6.45, 7) is 6.29. The van der Waals surface area contributed by atoms with Gasteiger partial charge in [-0.1, -0.05) is 20.8 Å². The van der Waals surface area contributed by atoms with E-state index in [1.807, 2.05) is 16.8 Å². The van der Waals surface area contributed by atoms with Gasteiger partial charge in [0.2, 0.25) is 0 Å². The van der Waals surface area contributed by atoms with E-state index in [1.165, 1.54) is 0 Å². The molecule has 1 atom stereocenters. The first-order chi connectivity index (χ1) is 5.58. The lowest BCUT2D eigenvalue weighted by Crippen LogP contribution is -2.20. The number of thiophene rings is 1. The molecule has 0 aliphatic rings. The van der Waals surface area contributed by atoms with Crippen LogP contribution >= 0.6 is 11.3 Å². The maximum Gasteiger partial charge on any atom is 0.0848 e. The van der Waals surface area contributed by atoms with E-state index in [1.54, 1.807) is 11.3 Å². The van der Waals surface area contributed by atoms with Crippen LogP contribution in [0.2, 0.25) is 0 Å². The first-order valence-electron chi connectivity index (χ1n) is 4.28. The Kier molecular flexibility index (Phi) is 2.91. The van der Waals surface area contributed by atoms with Gasteiger partial charge in [-0.2, -0.15) is 11.3 Å². The Hall–Kier alpha value is -0.340. The maximum absolute atomic E-state index is 9.94. The standard InChI is InChI=1S/C10H16OS/c1-4-10(2,3)9(11)8-5-6-12-7-8/h5-7,9,11H,4H2,1-3H3. The summed E-state index contributed by atoms with van der Waals surface area (Å²) in [5.41, 5.74) is 1.04. The highest BCUT2D eigenvalue weighted by atomic mass is 32.1. The van der Waals surface area contributed by atoms with E-state index in [-0.39, 0.29) is 11.5 Å². The van der Waals surface area contributed by atoms with E-state index >= 15 is 0 Å². The van der Waals surface area contributed by atoms with E-state index in [2.05, 4.69) is 20.8 Å². The molecule has 0 saturated carbocycles. The summed E-state index contributed by atoms with van der Waals surface area (Å²) < 4.78 is 0. The van der Waals surface area contributed by atoms with Gasteiger partial charge in [-0.15, -0.1) is 0 Å². The molecule has 1 aromatic heterocycles. The van der Waals surface area contributed by atoms with E-state index in [0.29, 0.717) is 0 Å². The van der Waals surface area contributed by atoms with Gasteiger partial charge < -0.3 is 5.11 Å². The van der Waals surface area contributed by atoms with Crippen molar-refractivity contribution in [3.05, 3.63) is 22.4 Å². The summed E-state index contributed by atoms with van der Waals surface area (Å²) >= 11 is 1.63. The van der Waals surface area contributed by atoms with Crippen LogP contribution in [0, 0.1) is 5.41 Å². The molecular formula is C10H16OS. The smallest absolute Gasteiger partial charge is 0.0848 e. The highest BCUT2D eigenvalue weighted by Gasteiger charge is 2.27. The van der Waals surface area contributed by atoms with Crippen LogP contribution < -0.4 is 0 Å². The van der Waals surface area contributed by atoms with E-state index in [4.69, 9.17) is 0 Å². The molecule has 0 bridgehead atoms. The molecule has 0 amide bonds. The summed E-state index contributed by atoms with van der Waals surface area (Å²) in [6, 6.07) is 1.99. The predicted octanol–water partition coefficient (Wildman–Crippen LogP) is 3.22. The number of hydrogen-bond acceptors (Lipinski definition) is 2. The van der Waals surface area contributed by atoms with Crippen molar-refractivity contribution in [3.8, 4) is 0 Å². The minimum Gasteiger partial charge on any atom is -0.388 e. The van der Waals surface area contributed by atoms with Crippen LogP contribution in [0.15, 0.2) is 16.8 Å². The Balaban J connectivity index is 2.78. The zero-order valence-electron chi connectivity index (χ0n) is 7.87. The highest BCUT2D eigenvalue weighted by molar-refractivity contribution is 7.07. The molecule has 0 fully saturated rings. The van der Waals surface area contributed by atoms with Crippen molar-refractivity contribution in [2.45, 2.75) is 33.3 Å². The molecule has 68 valence electrons. The number of aliphatic hydroxyl groups excluding tert-OH is 1. The molecule has 1 rings (SSSR count). The minimum atomic E-state index is -0.325. The zero-order valence-corrected chi connectivity index (χ0v) is 8.69. The van der Waals surface area contributed by atoms with Crippen LogP contribution in [0.3, 0.4) is 0 Å². The second-order valence-electron chi connectivity index (χ2n) is 3.80. The first-order valence-corrected chi connectivity index (χ1v) is 5.22. The summed E-state index contributed by atoms with van der Waals surface area (Å²) in [5.74, 6) is 0. The molecule has 1 heterocycles. The van der Waals surface area contributed by atoms with Crippen LogP contribution in [-0.2, 0) is 0 Å². The Morgan fingerprint density at radius 2 is 2.25 bits per heavy atom. The van der Waals surface area contributed by atoms with E-state index in [9.17, 15) is 5.11 Å². The SMILES string of the molecule is CCC(C)(C)C(O)c1ccsc1. The van der Waals surface area contributed by atoms with Crippen LogP contribution in [-0.4, -0.2) is 5.11 Å². The molecule has 2 heteroatoms. The van der Waals surface area contributed by atoms with Crippen molar-refractivity contribution in [2.75, 3.05) is 0 Å². The minimum absolute atomic E-state index is 0.0128. The summed E-state index contributed by atoms with van der Waals surface area (Å²) in [6.07, 6.45) is 0.665. The molecule has 1 aromatic rings. The Morgan fingerprint density at radius 1 is 1.58 bits per heavy atom. The predicted molar refractivity (Wildman–Crippen MR) is 53.4 cm³/mol. The van der Waals surface area contributed by atoms with Gasteiger partial charge in [0.25, 0.3) is 0 Å². The molecule has 1 nitrogen and oxygen atoms in total. The third-order valence-corrected chi connectivity index (χ3v) is 3.21. The van der Waals surface area contributed by atoms with Gasteiger partial charge in [-0.25, -0.2) is 0 Å². The van der Waals surface area contributed by atoms with Crippen molar-refractivity contribution < 1.29 is 5.11 Å².